The molecule has 2 unspecified atom stereocenters. The maximum Gasteiger partial charge on any atom is 0.119 e. The lowest BCUT2D eigenvalue weighted by Gasteiger charge is -2.14. The molecular weight excluding hydrogens is 280 g/mol. The van der Waals surface area contributed by atoms with Crippen LogP contribution in [0.4, 0.5) is 0 Å². The molecule has 3 N–H and O–H groups in total. The quantitative estimate of drug-likeness (QED) is 0.613. The Morgan fingerprint density at radius 3 is 2.55 bits per heavy atom. The number of nitrogens with zero attached hydrogens (tertiary/aromatic N) is 1. The summed E-state index contributed by atoms with van der Waals surface area (Å²) in [5, 5.41) is 22.9. The molecule has 5 heteroatoms. The van der Waals surface area contributed by atoms with E-state index in [0.717, 1.165) is 5.75 Å². The Morgan fingerprint density at radius 2 is 1.82 bits per heavy atom. The van der Waals surface area contributed by atoms with Crippen molar-refractivity contribution >= 4 is 0 Å². The van der Waals surface area contributed by atoms with Crippen molar-refractivity contribution in [2.45, 2.75) is 18.6 Å². The minimum Gasteiger partial charge on any atom is -0.491 e. The molecular formula is C17H22N2O3. The van der Waals surface area contributed by atoms with E-state index in [9.17, 15) is 10.2 Å². The molecule has 1 aromatic heterocycles. The number of rotatable bonds is 9. The summed E-state index contributed by atoms with van der Waals surface area (Å²) in [6.45, 7) is 1.25. The van der Waals surface area contributed by atoms with Gasteiger partial charge in [-0.3, -0.25) is 4.98 Å². The van der Waals surface area contributed by atoms with Crippen molar-refractivity contribution in [1.29, 1.82) is 0 Å². The summed E-state index contributed by atoms with van der Waals surface area (Å²) in [6, 6.07) is 14.9. The highest BCUT2D eigenvalue weighted by Gasteiger charge is 2.09. The van der Waals surface area contributed by atoms with E-state index in [1.165, 1.54) is 0 Å². The van der Waals surface area contributed by atoms with Crippen LogP contribution >= 0.6 is 0 Å². The van der Waals surface area contributed by atoms with E-state index in [2.05, 4.69) is 10.3 Å². The highest BCUT2D eigenvalue weighted by Crippen LogP contribution is 2.12. The van der Waals surface area contributed by atoms with Gasteiger partial charge in [0.05, 0.1) is 11.8 Å². The van der Waals surface area contributed by atoms with Crippen molar-refractivity contribution in [1.82, 2.24) is 10.3 Å². The monoisotopic (exact) mass is 302 g/mol. The zero-order chi connectivity index (χ0) is 15.6. The molecule has 118 valence electrons. The number of aliphatic hydroxyl groups excluding tert-OH is 2. The number of aliphatic hydroxyl groups is 2. The summed E-state index contributed by atoms with van der Waals surface area (Å²) in [5.41, 5.74) is 0.664. The van der Waals surface area contributed by atoms with Gasteiger partial charge >= 0.3 is 0 Å². The highest BCUT2D eigenvalue weighted by atomic mass is 16.5. The van der Waals surface area contributed by atoms with Gasteiger partial charge < -0.3 is 20.3 Å². The van der Waals surface area contributed by atoms with E-state index in [1.54, 1.807) is 12.3 Å². The van der Waals surface area contributed by atoms with Crippen LogP contribution < -0.4 is 10.1 Å². The van der Waals surface area contributed by atoms with Gasteiger partial charge in [0.1, 0.15) is 18.5 Å². The Labute approximate surface area is 130 Å². The molecule has 0 aliphatic carbocycles. The minimum atomic E-state index is -0.591. The fourth-order valence-corrected chi connectivity index (χ4v) is 2.00. The van der Waals surface area contributed by atoms with Crippen LogP contribution in [-0.2, 0) is 0 Å². The molecule has 0 saturated carbocycles. The second kappa shape index (κ2) is 9.15. The summed E-state index contributed by atoms with van der Waals surface area (Å²) >= 11 is 0. The molecule has 2 atom stereocenters. The second-order valence-corrected chi connectivity index (χ2v) is 5.04. The lowest BCUT2D eigenvalue weighted by Crippen LogP contribution is -2.32. The first-order chi connectivity index (χ1) is 10.8. The van der Waals surface area contributed by atoms with Crippen molar-refractivity contribution in [3.63, 3.8) is 0 Å². The third-order valence-corrected chi connectivity index (χ3v) is 3.19. The Hall–Kier alpha value is -1.95. The Morgan fingerprint density at radius 1 is 1.05 bits per heavy atom. The van der Waals surface area contributed by atoms with Crippen molar-refractivity contribution in [3.05, 3.63) is 60.4 Å². The van der Waals surface area contributed by atoms with Crippen molar-refractivity contribution in [3.8, 4) is 5.75 Å². The van der Waals surface area contributed by atoms with Gasteiger partial charge in [-0.2, -0.15) is 0 Å². The molecule has 0 fully saturated rings. The second-order valence-electron chi connectivity index (χ2n) is 5.04. The van der Waals surface area contributed by atoms with Crippen molar-refractivity contribution in [2.75, 3.05) is 19.7 Å². The molecule has 0 aliphatic heterocycles. The summed E-state index contributed by atoms with van der Waals surface area (Å²) in [6.07, 6.45) is 1.03. The van der Waals surface area contributed by atoms with Gasteiger partial charge in [0.15, 0.2) is 0 Å². The molecule has 2 aromatic rings. The number of ether oxygens (including phenoxy) is 1. The fourth-order valence-electron chi connectivity index (χ4n) is 2.00. The van der Waals surface area contributed by atoms with Crippen LogP contribution in [0, 0.1) is 0 Å². The Bertz CT molecular complexity index is 522. The van der Waals surface area contributed by atoms with E-state index in [0.29, 0.717) is 25.2 Å². The van der Waals surface area contributed by atoms with Crippen LogP contribution in [0.25, 0.3) is 0 Å². The maximum atomic E-state index is 9.95. The molecule has 0 saturated heterocycles. The van der Waals surface area contributed by atoms with E-state index in [4.69, 9.17) is 4.74 Å². The molecule has 0 radical (unpaired) electrons. The predicted octanol–water partition coefficient (Wildman–Crippen LogP) is 1.53. The van der Waals surface area contributed by atoms with Crippen LogP contribution in [0.2, 0.25) is 0 Å². The maximum absolute atomic E-state index is 9.95. The third kappa shape index (κ3) is 5.81. The van der Waals surface area contributed by atoms with E-state index in [-0.39, 0.29) is 6.61 Å². The summed E-state index contributed by atoms with van der Waals surface area (Å²) in [7, 11) is 0. The topological polar surface area (TPSA) is 74.6 Å². The highest BCUT2D eigenvalue weighted by molar-refractivity contribution is 5.20. The standard InChI is InChI=1S/C17H22N2O3/c20-14(13-22-15-6-2-1-3-7-15)12-18-11-9-17(21)16-8-4-5-10-19-16/h1-8,10,14,17-18,20-21H,9,11-13H2. The lowest BCUT2D eigenvalue weighted by molar-refractivity contribution is 0.104. The van der Waals surface area contributed by atoms with Gasteiger partial charge in [0.25, 0.3) is 0 Å². The normalized spacial score (nSPS) is 13.5. The smallest absolute Gasteiger partial charge is 0.119 e. The minimum absolute atomic E-state index is 0.236. The van der Waals surface area contributed by atoms with Gasteiger partial charge in [-0.25, -0.2) is 0 Å². The van der Waals surface area contributed by atoms with E-state index in [1.807, 2.05) is 42.5 Å². The number of benzene rings is 1. The average molecular weight is 302 g/mol. The number of aromatic nitrogens is 1. The zero-order valence-corrected chi connectivity index (χ0v) is 12.4. The number of para-hydroxylation sites is 1. The zero-order valence-electron chi connectivity index (χ0n) is 12.4. The summed E-state index contributed by atoms with van der Waals surface area (Å²) < 4.78 is 5.47. The SMILES string of the molecule is OC(CNCCC(O)c1ccccn1)COc1ccccc1. The molecule has 0 spiro atoms. The first-order valence-electron chi connectivity index (χ1n) is 7.41. The average Bonchev–Trinajstić information content (AvgIpc) is 2.58. The molecule has 1 aromatic carbocycles. The van der Waals surface area contributed by atoms with E-state index < -0.39 is 12.2 Å². The van der Waals surface area contributed by atoms with Crippen molar-refractivity contribution in [2.24, 2.45) is 0 Å². The van der Waals surface area contributed by atoms with Crippen LogP contribution in [0.1, 0.15) is 18.2 Å². The molecule has 0 aliphatic rings. The van der Waals surface area contributed by atoms with Crippen LogP contribution in [0.3, 0.4) is 0 Å². The molecule has 1 heterocycles. The summed E-state index contributed by atoms with van der Waals surface area (Å²) in [5.74, 6) is 0.743. The molecule has 5 nitrogen and oxygen atoms in total. The number of hydrogen-bond acceptors (Lipinski definition) is 5. The molecule has 22 heavy (non-hydrogen) atoms. The molecule has 2 rings (SSSR count). The fraction of sp³-hybridized carbons (Fsp3) is 0.353. The van der Waals surface area contributed by atoms with Crippen molar-refractivity contribution < 1.29 is 14.9 Å². The first-order valence-corrected chi connectivity index (χ1v) is 7.41. The summed E-state index contributed by atoms with van der Waals surface area (Å²) in [4.78, 5) is 4.11. The number of pyridine rings is 1. The Kier molecular flexibility index (Phi) is 6.83. The first kappa shape index (κ1) is 16.4. The number of hydrogen-bond donors (Lipinski definition) is 3. The van der Waals surface area contributed by atoms with Gasteiger partial charge in [-0.15, -0.1) is 0 Å². The van der Waals surface area contributed by atoms with Crippen LogP contribution in [0.5, 0.6) is 5.75 Å². The van der Waals surface area contributed by atoms with Gasteiger partial charge in [-0.1, -0.05) is 24.3 Å². The van der Waals surface area contributed by atoms with Crippen LogP contribution in [0.15, 0.2) is 54.7 Å². The van der Waals surface area contributed by atoms with E-state index >= 15 is 0 Å². The third-order valence-electron chi connectivity index (χ3n) is 3.19. The molecule has 0 amide bonds. The Balaban J connectivity index is 1.58. The molecule has 0 bridgehead atoms. The largest absolute Gasteiger partial charge is 0.491 e. The van der Waals surface area contributed by atoms with Gasteiger partial charge in [0, 0.05) is 12.7 Å². The lowest BCUT2D eigenvalue weighted by atomic mass is 10.1. The van der Waals surface area contributed by atoms with Crippen LogP contribution in [-0.4, -0.2) is 41.0 Å². The van der Waals surface area contributed by atoms with Gasteiger partial charge in [-0.05, 0) is 37.2 Å². The van der Waals surface area contributed by atoms with Gasteiger partial charge in [0.2, 0.25) is 0 Å². The predicted molar refractivity (Wildman–Crippen MR) is 84.6 cm³/mol. The number of nitrogens with one attached hydrogen (secondary N) is 1.